The van der Waals surface area contributed by atoms with Crippen LogP contribution in [0.15, 0.2) is 48.5 Å². The summed E-state index contributed by atoms with van der Waals surface area (Å²) in [7, 11) is 0. The Bertz CT molecular complexity index is 695. The van der Waals surface area contributed by atoms with E-state index in [0.29, 0.717) is 24.5 Å². The quantitative estimate of drug-likeness (QED) is 0.478. The molecule has 5 nitrogen and oxygen atoms in total. The highest BCUT2D eigenvalue weighted by Gasteiger charge is 2.05. The van der Waals surface area contributed by atoms with Crippen LogP contribution in [0.3, 0.4) is 0 Å². The van der Waals surface area contributed by atoms with Crippen molar-refractivity contribution in [3.63, 3.8) is 0 Å². The third kappa shape index (κ3) is 6.12. The number of hydrogen-bond acceptors (Lipinski definition) is 4. The van der Waals surface area contributed by atoms with Gasteiger partial charge in [0.15, 0.2) is 0 Å². The molecule has 1 N–H and O–H groups in total. The van der Waals surface area contributed by atoms with Crippen LogP contribution in [-0.4, -0.2) is 18.5 Å². The second kappa shape index (κ2) is 8.72. The van der Waals surface area contributed by atoms with Crippen molar-refractivity contribution in [2.75, 3.05) is 11.9 Å². The van der Waals surface area contributed by atoms with E-state index in [1.54, 1.807) is 24.3 Å². The number of carbonyl (C=O) groups is 2. The summed E-state index contributed by atoms with van der Waals surface area (Å²) in [6.45, 7) is 3.90. The molecular weight excluding hydrogens is 306 g/mol. The Morgan fingerprint density at radius 1 is 1.04 bits per heavy atom. The SMILES string of the molecule is CC(=O)Nc1ccc(OC(=O)CCCOc2cccc(C)c2)cc1. The first kappa shape index (κ1) is 17.5. The fourth-order valence-corrected chi connectivity index (χ4v) is 2.10. The van der Waals surface area contributed by atoms with Crippen molar-refractivity contribution in [1.82, 2.24) is 0 Å². The zero-order chi connectivity index (χ0) is 17.4. The van der Waals surface area contributed by atoms with Gasteiger partial charge in [-0.05, 0) is 55.3 Å². The van der Waals surface area contributed by atoms with Crippen LogP contribution < -0.4 is 14.8 Å². The lowest BCUT2D eigenvalue weighted by atomic mass is 10.2. The average molecular weight is 327 g/mol. The largest absolute Gasteiger partial charge is 0.494 e. The fourth-order valence-electron chi connectivity index (χ4n) is 2.10. The maximum absolute atomic E-state index is 11.8. The van der Waals surface area contributed by atoms with E-state index in [0.717, 1.165) is 11.3 Å². The molecule has 24 heavy (non-hydrogen) atoms. The number of esters is 1. The predicted molar refractivity (Wildman–Crippen MR) is 92.3 cm³/mol. The van der Waals surface area contributed by atoms with Crippen LogP contribution in [-0.2, 0) is 9.59 Å². The topological polar surface area (TPSA) is 64.6 Å². The zero-order valence-electron chi connectivity index (χ0n) is 13.9. The number of hydrogen-bond donors (Lipinski definition) is 1. The molecule has 0 saturated carbocycles. The first-order chi connectivity index (χ1) is 11.5. The van der Waals surface area contributed by atoms with Crippen LogP contribution in [0.1, 0.15) is 25.3 Å². The summed E-state index contributed by atoms with van der Waals surface area (Å²) < 4.78 is 10.8. The third-order valence-electron chi connectivity index (χ3n) is 3.19. The molecule has 0 saturated heterocycles. The minimum absolute atomic E-state index is 0.145. The van der Waals surface area contributed by atoms with E-state index in [2.05, 4.69) is 5.32 Å². The summed E-state index contributed by atoms with van der Waals surface area (Å²) in [4.78, 5) is 22.7. The van der Waals surface area contributed by atoms with Gasteiger partial charge in [0, 0.05) is 19.0 Å². The summed E-state index contributed by atoms with van der Waals surface area (Å²) in [6, 6.07) is 14.4. The smallest absolute Gasteiger partial charge is 0.311 e. The van der Waals surface area contributed by atoms with Crippen LogP contribution in [0.2, 0.25) is 0 Å². The normalized spacial score (nSPS) is 10.1. The van der Waals surface area contributed by atoms with Gasteiger partial charge in [-0.15, -0.1) is 0 Å². The molecule has 0 bridgehead atoms. The standard InChI is InChI=1S/C19H21NO4/c1-14-5-3-6-18(13-14)23-12-4-7-19(22)24-17-10-8-16(9-11-17)20-15(2)21/h3,5-6,8-11,13H,4,7,12H2,1-2H3,(H,20,21). The molecule has 2 aromatic rings. The van der Waals surface area contributed by atoms with Crippen molar-refractivity contribution < 1.29 is 19.1 Å². The lowest BCUT2D eigenvalue weighted by molar-refractivity contribution is -0.134. The molecule has 0 unspecified atom stereocenters. The molecule has 126 valence electrons. The van der Waals surface area contributed by atoms with Crippen LogP contribution in [0.4, 0.5) is 5.69 Å². The van der Waals surface area contributed by atoms with Gasteiger partial charge in [0.1, 0.15) is 11.5 Å². The van der Waals surface area contributed by atoms with Gasteiger partial charge in [-0.2, -0.15) is 0 Å². The summed E-state index contributed by atoms with van der Waals surface area (Å²) in [5, 5.41) is 2.65. The van der Waals surface area contributed by atoms with Gasteiger partial charge < -0.3 is 14.8 Å². The monoisotopic (exact) mass is 327 g/mol. The van der Waals surface area contributed by atoms with Crippen LogP contribution in [0, 0.1) is 6.92 Å². The molecule has 0 aliphatic rings. The Morgan fingerprint density at radius 2 is 1.79 bits per heavy atom. The second-order valence-corrected chi connectivity index (χ2v) is 5.45. The van der Waals surface area contributed by atoms with Crippen LogP contribution in [0.25, 0.3) is 0 Å². The number of rotatable bonds is 7. The molecule has 0 spiro atoms. The van der Waals surface area contributed by atoms with Crippen molar-refractivity contribution in [2.45, 2.75) is 26.7 Å². The summed E-state index contributed by atoms with van der Waals surface area (Å²) in [5.41, 5.74) is 1.79. The van der Waals surface area contributed by atoms with Crippen molar-refractivity contribution >= 4 is 17.6 Å². The lowest BCUT2D eigenvalue weighted by Crippen LogP contribution is -2.10. The van der Waals surface area contributed by atoms with Crippen molar-refractivity contribution in [3.8, 4) is 11.5 Å². The Balaban J connectivity index is 1.70. The van der Waals surface area contributed by atoms with E-state index in [9.17, 15) is 9.59 Å². The molecule has 0 aromatic heterocycles. The van der Waals surface area contributed by atoms with E-state index in [-0.39, 0.29) is 18.3 Å². The minimum atomic E-state index is -0.310. The van der Waals surface area contributed by atoms with E-state index >= 15 is 0 Å². The highest BCUT2D eigenvalue weighted by molar-refractivity contribution is 5.88. The first-order valence-electron chi connectivity index (χ1n) is 7.81. The highest BCUT2D eigenvalue weighted by atomic mass is 16.5. The molecule has 2 aromatic carbocycles. The molecule has 0 aliphatic heterocycles. The molecule has 0 fully saturated rings. The van der Waals surface area contributed by atoms with Gasteiger partial charge >= 0.3 is 5.97 Å². The number of ether oxygens (including phenoxy) is 2. The Hall–Kier alpha value is -2.82. The number of anilines is 1. The zero-order valence-corrected chi connectivity index (χ0v) is 13.9. The highest BCUT2D eigenvalue weighted by Crippen LogP contribution is 2.17. The van der Waals surface area contributed by atoms with E-state index in [1.807, 2.05) is 31.2 Å². The van der Waals surface area contributed by atoms with Gasteiger partial charge in [0.25, 0.3) is 0 Å². The summed E-state index contributed by atoms with van der Waals surface area (Å²) >= 11 is 0. The predicted octanol–water partition coefficient (Wildman–Crippen LogP) is 3.72. The van der Waals surface area contributed by atoms with Gasteiger partial charge in [0.05, 0.1) is 6.61 Å². The molecule has 5 heteroatoms. The molecule has 0 atom stereocenters. The van der Waals surface area contributed by atoms with Crippen molar-refractivity contribution in [2.24, 2.45) is 0 Å². The number of amides is 1. The Kier molecular flexibility index (Phi) is 6.37. The number of carbonyl (C=O) groups excluding carboxylic acids is 2. The second-order valence-electron chi connectivity index (χ2n) is 5.45. The van der Waals surface area contributed by atoms with Gasteiger partial charge in [0.2, 0.25) is 5.91 Å². The minimum Gasteiger partial charge on any atom is -0.494 e. The summed E-state index contributed by atoms with van der Waals surface area (Å²) in [5.74, 6) is 0.800. The molecule has 0 radical (unpaired) electrons. The Labute approximate surface area is 141 Å². The van der Waals surface area contributed by atoms with E-state index < -0.39 is 0 Å². The third-order valence-corrected chi connectivity index (χ3v) is 3.19. The Morgan fingerprint density at radius 3 is 2.46 bits per heavy atom. The maximum Gasteiger partial charge on any atom is 0.311 e. The van der Waals surface area contributed by atoms with Crippen molar-refractivity contribution in [3.05, 3.63) is 54.1 Å². The van der Waals surface area contributed by atoms with E-state index in [1.165, 1.54) is 6.92 Å². The number of benzene rings is 2. The molecule has 0 heterocycles. The molecule has 2 rings (SSSR count). The van der Waals surface area contributed by atoms with Gasteiger partial charge in [-0.1, -0.05) is 12.1 Å². The molecule has 1 amide bonds. The summed E-state index contributed by atoms with van der Waals surface area (Å²) in [6.07, 6.45) is 0.857. The lowest BCUT2D eigenvalue weighted by Gasteiger charge is -2.08. The van der Waals surface area contributed by atoms with Crippen molar-refractivity contribution in [1.29, 1.82) is 0 Å². The maximum atomic E-state index is 11.8. The fraction of sp³-hybridized carbons (Fsp3) is 0.263. The van der Waals surface area contributed by atoms with E-state index in [4.69, 9.17) is 9.47 Å². The van der Waals surface area contributed by atoms with Crippen LogP contribution in [0.5, 0.6) is 11.5 Å². The first-order valence-corrected chi connectivity index (χ1v) is 7.81. The van der Waals surface area contributed by atoms with Gasteiger partial charge in [-0.3, -0.25) is 9.59 Å². The van der Waals surface area contributed by atoms with Gasteiger partial charge in [-0.25, -0.2) is 0 Å². The average Bonchev–Trinajstić information content (AvgIpc) is 2.53. The number of nitrogens with one attached hydrogen (secondary N) is 1. The molecule has 0 aliphatic carbocycles. The molecular formula is C19H21NO4. The number of aryl methyl sites for hydroxylation is 1. The van der Waals surface area contributed by atoms with Crippen LogP contribution >= 0.6 is 0 Å².